The first-order valence-electron chi connectivity index (χ1n) is 5.53. The summed E-state index contributed by atoms with van der Waals surface area (Å²) in [6.45, 7) is 1.62. The maximum absolute atomic E-state index is 11.7. The molecule has 96 valence electrons. The zero-order chi connectivity index (χ0) is 13.2. The fourth-order valence-electron chi connectivity index (χ4n) is 1.52. The highest BCUT2D eigenvalue weighted by atomic mass is 32.2. The number of hydrogen-bond acceptors (Lipinski definition) is 5. The molecule has 0 aliphatic rings. The van der Waals surface area contributed by atoms with Crippen molar-refractivity contribution >= 4 is 15.9 Å². The van der Waals surface area contributed by atoms with E-state index in [0.29, 0.717) is 16.7 Å². The van der Waals surface area contributed by atoms with Gasteiger partial charge in [-0.2, -0.15) is 0 Å². The molecule has 18 heavy (non-hydrogen) atoms. The number of rotatable bonds is 4. The summed E-state index contributed by atoms with van der Waals surface area (Å²) >= 11 is 0. The molecular formula is C12H14N2O3S. The van der Waals surface area contributed by atoms with Crippen molar-refractivity contribution in [3.63, 3.8) is 0 Å². The quantitative estimate of drug-likeness (QED) is 0.918. The monoisotopic (exact) mass is 266 g/mol. The van der Waals surface area contributed by atoms with E-state index in [-0.39, 0.29) is 5.75 Å². The highest BCUT2D eigenvalue weighted by Gasteiger charge is 2.12. The van der Waals surface area contributed by atoms with Crippen LogP contribution in [-0.4, -0.2) is 26.2 Å². The number of nitrogens with zero attached hydrogens (tertiary/aromatic N) is 1. The molecule has 1 N–H and O–H groups in total. The largest absolute Gasteiger partial charge is 0.424 e. The lowest BCUT2D eigenvalue weighted by atomic mass is 10.2. The van der Waals surface area contributed by atoms with Crippen molar-refractivity contribution in [1.29, 1.82) is 0 Å². The van der Waals surface area contributed by atoms with Gasteiger partial charge < -0.3 is 9.73 Å². The number of oxazole rings is 1. The summed E-state index contributed by atoms with van der Waals surface area (Å²) in [6, 6.07) is 7.01. The minimum absolute atomic E-state index is 0.0958. The van der Waals surface area contributed by atoms with Crippen LogP contribution < -0.4 is 5.32 Å². The average molecular weight is 266 g/mol. The molecule has 1 aromatic heterocycles. The lowest BCUT2D eigenvalue weighted by Crippen LogP contribution is -2.02. The number of hydrogen-bond donors (Lipinski definition) is 1. The van der Waals surface area contributed by atoms with Crippen LogP contribution in [0.25, 0.3) is 11.3 Å². The molecule has 0 bridgehead atoms. The Kier molecular flexibility index (Phi) is 3.38. The second-order valence-electron chi connectivity index (χ2n) is 3.71. The van der Waals surface area contributed by atoms with Crippen LogP contribution in [0.2, 0.25) is 0 Å². The van der Waals surface area contributed by atoms with Gasteiger partial charge in [0.2, 0.25) is 0 Å². The van der Waals surface area contributed by atoms with Gasteiger partial charge in [0, 0.05) is 12.6 Å². The van der Waals surface area contributed by atoms with Crippen molar-refractivity contribution in [2.24, 2.45) is 0 Å². The maximum atomic E-state index is 11.7. The topological polar surface area (TPSA) is 72.2 Å². The van der Waals surface area contributed by atoms with E-state index in [4.69, 9.17) is 4.42 Å². The van der Waals surface area contributed by atoms with Crippen LogP contribution in [0.1, 0.15) is 6.92 Å². The normalized spacial score (nSPS) is 11.4. The van der Waals surface area contributed by atoms with Crippen molar-refractivity contribution in [1.82, 2.24) is 4.98 Å². The van der Waals surface area contributed by atoms with Crippen LogP contribution in [0, 0.1) is 0 Å². The molecule has 0 radical (unpaired) electrons. The Bertz CT molecular complexity index is 630. The van der Waals surface area contributed by atoms with E-state index in [1.807, 2.05) is 0 Å². The third kappa shape index (κ3) is 2.38. The minimum Gasteiger partial charge on any atom is -0.424 e. The van der Waals surface area contributed by atoms with Gasteiger partial charge in [-0.3, -0.25) is 0 Å². The van der Waals surface area contributed by atoms with Crippen LogP contribution in [0.15, 0.2) is 39.8 Å². The van der Waals surface area contributed by atoms with E-state index < -0.39 is 9.84 Å². The molecule has 0 fully saturated rings. The number of anilines is 1. The Hall–Kier alpha value is -1.82. The van der Waals surface area contributed by atoms with Crippen LogP contribution >= 0.6 is 0 Å². The second-order valence-corrected chi connectivity index (χ2v) is 5.99. The zero-order valence-corrected chi connectivity index (χ0v) is 11.0. The summed E-state index contributed by atoms with van der Waals surface area (Å²) in [4.78, 5) is 4.32. The van der Waals surface area contributed by atoms with Gasteiger partial charge in [0.05, 0.1) is 16.8 Å². The predicted octanol–water partition coefficient (Wildman–Crippen LogP) is 2.18. The zero-order valence-electron chi connectivity index (χ0n) is 10.2. The number of aromatic nitrogens is 1. The summed E-state index contributed by atoms with van der Waals surface area (Å²) in [5.74, 6) is 0.693. The number of nitrogens with one attached hydrogen (secondary N) is 1. The van der Waals surface area contributed by atoms with E-state index in [9.17, 15) is 8.42 Å². The molecule has 1 heterocycles. The van der Waals surface area contributed by atoms with Gasteiger partial charge in [0.15, 0.2) is 15.6 Å². The molecule has 5 nitrogen and oxygen atoms in total. The fraction of sp³-hybridized carbons (Fsp3) is 0.250. The van der Waals surface area contributed by atoms with E-state index in [1.165, 1.54) is 0 Å². The van der Waals surface area contributed by atoms with Crippen LogP contribution in [0.3, 0.4) is 0 Å². The SMILES string of the molecule is CCS(=O)(=O)c1ccc(-c2cnc(NC)o2)cc1. The third-order valence-corrected chi connectivity index (χ3v) is 4.35. The third-order valence-electron chi connectivity index (χ3n) is 2.60. The van der Waals surface area contributed by atoms with Crippen LogP contribution in [0.4, 0.5) is 6.01 Å². The molecule has 2 rings (SSSR count). The summed E-state index contributed by atoms with van der Waals surface area (Å²) in [7, 11) is -1.44. The average Bonchev–Trinajstić information content (AvgIpc) is 2.87. The highest BCUT2D eigenvalue weighted by Crippen LogP contribution is 2.23. The first-order valence-corrected chi connectivity index (χ1v) is 7.19. The van der Waals surface area contributed by atoms with Gasteiger partial charge in [-0.1, -0.05) is 6.92 Å². The molecule has 0 amide bonds. The molecule has 2 aromatic rings. The molecule has 0 unspecified atom stereocenters. The standard InChI is InChI=1S/C12H14N2O3S/c1-3-18(15,16)10-6-4-9(5-7-10)11-8-14-12(13-2)17-11/h4-8H,3H2,1-2H3,(H,13,14). The Morgan fingerprint density at radius 1 is 1.28 bits per heavy atom. The van der Waals surface area contributed by atoms with Crippen molar-refractivity contribution in [3.8, 4) is 11.3 Å². The fourth-order valence-corrected chi connectivity index (χ4v) is 2.40. The van der Waals surface area contributed by atoms with E-state index in [1.54, 1.807) is 44.4 Å². The van der Waals surface area contributed by atoms with Gasteiger partial charge in [-0.15, -0.1) is 0 Å². The minimum atomic E-state index is -3.16. The molecule has 6 heteroatoms. The lowest BCUT2D eigenvalue weighted by Gasteiger charge is -2.02. The molecule has 0 spiro atoms. The summed E-state index contributed by atoms with van der Waals surface area (Å²) in [5, 5.41) is 2.79. The van der Waals surface area contributed by atoms with Crippen LogP contribution in [-0.2, 0) is 9.84 Å². The maximum Gasteiger partial charge on any atom is 0.294 e. The Morgan fingerprint density at radius 3 is 2.44 bits per heavy atom. The predicted molar refractivity (Wildman–Crippen MR) is 69.2 cm³/mol. The van der Waals surface area contributed by atoms with Crippen molar-refractivity contribution in [2.45, 2.75) is 11.8 Å². The van der Waals surface area contributed by atoms with Gasteiger partial charge in [-0.25, -0.2) is 13.4 Å². The molecular weight excluding hydrogens is 252 g/mol. The Morgan fingerprint density at radius 2 is 1.94 bits per heavy atom. The van der Waals surface area contributed by atoms with E-state index >= 15 is 0 Å². The van der Waals surface area contributed by atoms with Gasteiger partial charge in [0.1, 0.15) is 0 Å². The lowest BCUT2D eigenvalue weighted by molar-refractivity contribution is 0.589. The molecule has 0 aliphatic carbocycles. The van der Waals surface area contributed by atoms with Crippen molar-refractivity contribution in [2.75, 3.05) is 18.1 Å². The van der Waals surface area contributed by atoms with E-state index in [0.717, 1.165) is 5.56 Å². The molecule has 0 saturated heterocycles. The smallest absolute Gasteiger partial charge is 0.294 e. The first kappa shape index (κ1) is 12.6. The number of benzene rings is 1. The molecule has 1 aromatic carbocycles. The van der Waals surface area contributed by atoms with E-state index in [2.05, 4.69) is 10.3 Å². The summed E-state index contributed by atoms with van der Waals surface area (Å²) in [5.41, 5.74) is 0.791. The van der Waals surface area contributed by atoms with Gasteiger partial charge in [-0.05, 0) is 24.3 Å². The Balaban J connectivity index is 2.33. The first-order chi connectivity index (χ1) is 8.56. The second kappa shape index (κ2) is 4.81. The number of sulfone groups is 1. The van der Waals surface area contributed by atoms with Gasteiger partial charge in [0.25, 0.3) is 6.01 Å². The molecule has 0 aliphatic heterocycles. The van der Waals surface area contributed by atoms with Crippen LogP contribution in [0.5, 0.6) is 0 Å². The summed E-state index contributed by atoms with van der Waals surface area (Å²) < 4.78 is 28.7. The van der Waals surface area contributed by atoms with Crippen molar-refractivity contribution < 1.29 is 12.8 Å². The van der Waals surface area contributed by atoms with Gasteiger partial charge >= 0.3 is 0 Å². The summed E-state index contributed by atoms with van der Waals surface area (Å²) in [6.07, 6.45) is 1.59. The molecule has 0 saturated carbocycles. The Labute approximate surface area is 106 Å². The molecule has 0 atom stereocenters. The van der Waals surface area contributed by atoms with Crippen molar-refractivity contribution in [3.05, 3.63) is 30.5 Å². The highest BCUT2D eigenvalue weighted by molar-refractivity contribution is 7.91.